The number of pyridine rings is 1. The Kier molecular flexibility index (Phi) is 4.65. The monoisotopic (exact) mass is 352 g/mol. The van der Waals surface area contributed by atoms with E-state index in [1.807, 2.05) is 44.2 Å². The van der Waals surface area contributed by atoms with E-state index in [-0.39, 0.29) is 11.3 Å². The van der Waals surface area contributed by atoms with Gasteiger partial charge in [0, 0.05) is 6.20 Å². The third-order valence-electron chi connectivity index (χ3n) is 4.79. The first-order valence-electron chi connectivity index (χ1n) is 9.12. The van der Waals surface area contributed by atoms with E-state index in [4.69, 9.17) is 4.74 Å². The Balaban J connectivity index is 1.77. The summed E-state index contributed by atoms with van der Waals surface area (Å²) in [6, 6.07) is 13.9. The second kappa shape index (κ2) is 6.51. The molecule has 4 heteroatoms. The molecular formula is C22H28N2O2. The summed E-state index contributed by atoms with van der Waals surface area (Å²) in [6.07, 6.45) is 2.72. The SMILES string of the molecule is CC(C)(C)Cc1ccc(C2(C(=O)NCc3ccccn3)OC2(C)C)cc1. The Morgan fingerprint density at radius 3 is 2.27 bits per heavy atom. The molecule has 1 saturated heterocycles. The summed E-state index contributed by atoms with van der Waals surface area (Å²) in [5.41, 5.74) is 1.78. The van der Waals surface area contributed by atoms with Gasteiger partial charge in [-0.1, -0.05) is 51.1 Å². The molecule has 1 fully saturated rings. The van der Waals surface area contributed by atoms with Crippen LogP contribution >= 0.6 is 0 Å². The number of hydrogen-bond acceptors (Lipinski definition) is 3. The second-order valence-corrected chi connectivity index (χ2v) is 8.73. The number of nitrogens with one attached hydrogen (secondary N) is 1. The molecule has 0 radical (unpaired) electrons. The van der Waals surface area contributed by atoms with Crippen LogP contribution < -0.4 is 5.32 Å². The van der Waals surface area contributed by atoms with Crippen molar-refractivity contribution in [3.63, 3.8) is 0 Å². The molecule has 138 valence electrons. The minimum atomic E-state index is -0.929. The van der Waals surface area contributed by atoms with Crippen molar-refractivity contribution in [3.05, 3.63) is 65.5 Å². The zero-order valence-corrected chi connectivity index (χ0v) is 16.3. The van der Waals surface area contributed by atoms with Crippen molar-refractivity contribution >= 4 is 5.91 Å². The van der Waals surface area contributed by atoms with E-state index in [0.717, 1.165) is 17.7 Å². The summed E-state index contributed by atoms with van der Waals surface area (Å²) in [7, 11) is 0. The van der Waals surface area contributed by atoms with Crippen LogP contribution in [-0.4, -0.2) is 16.5 Å². The lowest BCUT2D eigenvalue weighted by Crippen LogP contribution is -2.39. The number of aromatic nitrogens is 1. The fraction of sp³-hybridized carbons (Fsp3) is 0.455. The van der Waals surface area contributed by atoms with Crippen LogP contribution in [0.5, 0.6) is 0 Å². The van der Waals surface area contributed by atoms with Gasteiger partial charge >= 0.3 is 0 Å². The van der Waals surface area contributed by atoms with Gasteiger partial charge in [-0.05, 0) is 48.9 Å². The average Bonchev–Trinajstić information content (AvgIpc) is 3.16. The first-order chi connectivity index (χ1) is 12.1. The smallest absolute Gasteiger partial charge is 0.260 e. The van der Waals surface area contributed by atoms with Crippen LogP contribution in [0, 0.1) is 5.41 Å². The Morgan fingerprint density at radius 1 is 1.12 bits per heavy atom. The van der Waals surface area contributed by atoms with Crippen molar-refractivity contribution < 1.29 is 9.53 Å². The molecule has 2 heterocycles. The predicted molar refractivity (Wildman–Crippen MR) is 103 cm³/mol. The number of ether oxygens (including phenoxy) is 1. The molecule has 1 aromatic carbocycles. The van der Waals surface area contributed by atoms with Gasteiger partial charge in [-0.25, -0.2) is 0 Å². The van der Waals surface area contributed by atoms with Crippen LogP contribution in [0.15, 0.2) is 48.7 Å². The number of rotatable bonds is 5. The van der Waals surface area contributed by atoms with Crippen LogP contribution in [0.1, 0.15) is 51.4 Å². The van der Waals surface area contributed by atoms with E-state index in [1.165, 1.54) is 5.56 Å². The molecular weight excluding hydrogens is 324 g/mol. The van der Waals surface area contributed by atoms with Gasteiger partial charge in [-0.2, -0.15) is 0 Å². The number of amides is 1. The summed E-state index contributed by atoms with van der Waals surface area (Å²) in [5.74, 6) is -0.114. The Bertz CT molecular complexity index is 776. The molecule has 1 unspecified atom stereocenters. The zero-order valence-electron chi connectivity index (χ0n) is 16.3. The molecule has 0 bridgehead atoms. The molecule has 0 aliphatic carbocycles. The maximum Gasteiger partial charge on any atom is 0.260 e. The van der Waals surface area contributed by atoms with Gasteiger partial charge in [0.25, 0.3) is 5.91 Å². The number of nitrogens with zero attached hydrogens (tertiary/aromatic N) is 1. The third kappa shape index (κ3) is 3.65. The summed E-state index contributed by atoms with van der Waals surface area (Å²) in [6.45, 7) is 11.0. The maximum absolute atomic E-state index is 13.0. The maximum atomic E-state index is 13.0. The molecule has 3 rings (SSSR count). The molecule has 1 amide bonds. The van der Waals surface area contributed by atoms with Crippen molar-refractivity contribution in [2.24, 2.45) is 5.41 Å². The molecule has 0 spiro atoms. The lowest BCUT2D eigenvalue weighted by atomic mass is 9.84. The van der Waals surface area contributed by atoms with Crippen LogP contribution in [0.3, 0.4) is 0 Å². The van der Waals surface area contributed by atoms with Gasteiger partial charge in [0.1, 0.15) is 5.60 Å². The van der Waals surface area contributed by atoms with E-state index in [9.17, 15) is 4.79 Å². The molecule has 2 aromatic rings. The molecule has 1 atom stereocenters. The zero-order chi connectivity index (χ0) is 19.0. The first kappa shape index (κ1) is 18.6. The molecule has 1 aliphatic heterocycles. The molecule has 0 saturated carbocycles. The first-order valence-corrected chi connectivity index (χ1v) is 9.12. The Hall–Kier alpha value is -2.20. The van der Waals surface area contributed by atoms with Gasteiger partial charge in [-0.3, -0.25) is 9.78 Å². The van der Waals surface area contributed by atoms with Gasteiger partial charge in [-0.15, -0.1) is 0 Å². The fourth-order valence-electron chi connectivity index (χ4n) is 3.48. The second-order valence-electron chi connectivity index (χ2n) is 8.73. The van der Waals surface area contributed by atoms with Gasteiger partial charge in [0.15, 0.2) is 0 Å². The third-order valence-corrected chi connectivity index (χ3v) is 4.79. The molecule has 4 nitrogen and oxygen atoms in total. The fourth-order valence-corrected chi connectivity index (χ4v) is 3.48. The molecule has 1 aromatic heterocycles. The lowest BCUT2D eigenvalue weighted by Gasteiger charge is -2.19. The molecule has 1 N–H and O–H groups in total. The van der Waals surface area contributed by atoms with E-state index >= 15 is 0 Å². The molecule has 1 aliphatic rings. The number of carbonyl (C=O) groups excluding carboxylic acids is 1. The normalized spacial score (nSPS) is 21.3. The van der Waals surface area contributed by atoms with Gasteiger partial charge in [0.2, 0.25) is 5.60 Å². The largest absolute Gasteiger partial charge is 0.348 e. The highest BCUT2D eigenvalue weighted by Gasteiger charge is 2.70. The Labute approximate surface area is 156 Å². The quantitative estimate of drug-likeness (QED) is 0.828. The van der Waals surface area contributed by atoms with Crippen molar-refractivity contribution in [1.29, 1.82) is 0 Å². The predicted octanol–water partition coefficient (Wildman–Crippen LogP) is 3.99. The Morgan fingerprint density at radius 2 is 1.77 bits per heavy atom. The molecule has 26 heavy (non-hydrogen) atoms. The van der Waals surface area contributed by atoms with Crippen molar-refractivity contribution in [2.75, 3.05) is 0 Å². The van der Waals surface area contributed by atoms with Crippen LogP contribution in [0.2, 0.25) is 0 Å². The van der Waals surface area contributed by atoms with Crippen molar-refractivity contribution in [2.45, 2.75) is 58.8 Å². The number of benzene rings is 1. The summed E-state index contributed by atoms with van der Waals surface area (Å²) >= 11 is 0. The van der Waals surface area contributed by atoms with E-state index < -0.39 is 11.2 Å². The summed E-state index contributed by atoms with van der Waals surface area (Å²) < 4.78 is 5.94. The number of carbonyl (C=O) groups is 1. The minimum absolute atomic E-state index is 0.114. The van der Waals surface area contributed by atoms with E-state index in [2.05, 4.69) is 43.2 Å². The minimum Gasteiger partial charge on any atom is -0.348 e. The van der Waals surface area contributed by atoms with Crippen LogP contribution in [0.25, 0.3) is 0 Å². The highest BCUT2D eigenvalue weighted by Crippen LogP contribution is 2.55. The standard InChI is InChI=1S/C22H28N2O2/c1-20(2,3)14-16-9-11-17(12-10-16)22(21(4,5)26-22)19(25)24-15-18-8-6-7-13-23-18/h6-13H,14-15H2,1-5H3,(H,24,25). The van der Waals surface area contributed by atoms with Gasteiger partial charge in [0.05, 0.1) is 12.2 Å². The lowest BCUT2D eigenvalue weighted by molar-refractivity contribution is -0.126. The van der Waals surface area contributed by atoms with Gasteiger partial charge < -0.3 is 10.1 Å². The summed E-state index contributed by atoms with van der Waals surface area (Å²) in [4.78, 5) is 17.2. The average molecular weight is 352 g/mol. The summed E-state index contributed by atoms with van der Waals surface area (Å²) in [5, 5.41) is 2.98. The van der Waals surface area contributed by atoms with E-state index in [0.29, 0.717) is 6.54 Å². The van der Waals surface area contributed by atoms with E-state index in [1.54, 1.807) is 6.20 Å². The highest BCUT2D eigenvalue weighted by atomic mass is 16.6. The van der Waals surface area contributed by atoms with Crippen molar-refractivity contribution in [3.8, 4) is 0 Å². The van der Waals surface area contributed by atoms with Crippen LogP contribution in [0.4, 0.5) is 0 Å². The van der Waals surface area contributed by atoms with Crippen LogP contribution in [-0.2, 0) is 28.1 Å². The number of epoxide rings is 1. The number of hydrogen-bond donors (Lipinski definition) is 1. The topological polar surface area (TPSA) is 54.5 Å². The van der Waals surface area contributed by atoms with Crippen molar-refractivity contribution in [1.82, 2.24) is 10.3 Å². The highest BCUT2D eigenvalue weighted by molar-refractivity contribution is 5.91.